The quantitative estimate of drug-likeness (QED) is 0.554. The molecule has 0 radical (unpaired) electrons. The maximum Gasteiger partial charge on any atom is 0.154 e. The summed E-state index contributed by atoms with van der Waals surface area (Å²) in [5.74, 6) is 6.34. The van der Waals surface area contributed by atoms with Crippen molar-refractivity contribution in [3.05, 3.63) is 0 Å². The van der Waals surface area contributed by atoms with Crippen molar-refractivity contribution in [2.75, 3.05) is 0 Å². The molecule has 2 atom stereocenters. The molecule has 104 valence electrons. The van der Waals surface area contributed by atoms with Gasteiger partial charge < -0.3 is 9.84 Å². The number of aliphatic hydroxyl groups is 1. The summed E-state index contributed by atoms with van der Waals surface area (Å²) in [7, 11) is 0. The fourth-order valence-electron chi connectivity index (χ4n) is 2.28. The SMILES string of the molecule is CCCCC(O)(C#CC1(CC)OC1C)CCCC. The lowest BCUT2D eigenvalue weighted by atomic mass is 9.90. The van der Waals surface area contributed by atoms with Crippen molar-refractivity contribution in [2.45, 2.75) is 89.9 Å². The Bertz CT molecular complexity index is 301. The third-order valence-corrected chi connectivity index (χ3v) is 3.91. The van der Waals surface area contributed by atoms with E-state index in [0.29, 0.717) is 0 Å². The minimum Gasteiger partial charge on any atom is -0.378 e. The first kappa shape index (κ1) is 15.5. The fourth-order valence-corrected chi connectivity index (χ4v) is 2.28. The van der Waals surface area contributed by atoms with Crippen LogP contribution in [0.5, 0.6) is 0 Å². The van der Waals surface area contributed by atoms with Gasteiger partial charge in [0.1, 0.15) is 5.60 Å². The van der Waals surface area contributed by atoms with E-state index in [1.54, 1.807) is 0 Å². The molecule has 1 heterocycles. The molecule has 0 aliphatic carbocycles. The molecule has 2 unspecified atom stereocenters. The molecule has 2 nitrogen and oxygen atoms in total. The molecule has 0 saturated carbocycles. The van der Waals surface area contributed by atoms with Crippen molar-refractivity contribution >= 4 is 0 Å². The van der Waals surface area contributed by atoms with Gasteiger partial charge in [-0.3, -0.25) is 0 Å². The Hall–Kier alpha value is -0.520. The molecular weight excluding hydrogens is 224 g/mol. The lowest BCUT2D eigenvalue weighted by Gasteiger charge is -2.22. The molecule has 1 fully saturated rings. The number of unbranched alkanes of at least 4 members (excludes halogenated alkanes) is 2. The van der Waals surface area contributed by atoms with Gasteiger partial charge in [-0.15, -0.1) is 0 Å². The second-order valence-corrected chi connectivity index (χ2v) is 5.49. The number of hydrogen-bond donors (Lipinski definition) is 1. The largest absolute Gasteiger partial charge is 0.378 e. The van der Waals surface area contributed by atoms with Crippen molar-refractivity contribution < 1.29 is 9.84 Å². The van der Waals surface area contributed by atoms with E-state index in [4.69, 9.17) is 4.74 Å². The summed E-state index contributed by atoms with van der Waals surface area (Å²) in [5.41, 5.74) is -1.08. The molecule has 0 aromatic carbocycles. The topological polar surface area (TPSA) is 32.8 Å². The van der Waals surface area contributed by atoms with E-state index in [0.717, 1.165) is 44.9 Å². The number of hydrogen-bond acceptors (Lipinski definition) is 2. The first-order chi connectivity index (χ1) is 8.52. The summed E-state index contributed by atoms with van der Waals surface area (Å²) in [6.07, 6.45) is 6.95. The first-order valence-electron chi connectivity index (χ1n) is 7.46. The highest BCUT2D eigenvalue weighted by atomic mass is 16.6. The standard InChI is InChI=1S/C16H28O2/c1-5-8-10-15(17,11-9-6-2)12-13-16(7-3)14(4)18-16/h14,17H,5-11H2,1-4H3. The summed E-state index contributed by atoms with van der Waals surface area (Å²) >= 11 is 0. The Kier molecular flexibility index (Phi) is 5.69. The molecule has 1 aliphatic heterocycles. The lowest BCUT2D eigenvalue weighted by molar-refractivity contribution is 0.0770. The van der Waals surface area contributed by atoms with Gasteiger partial charge in [-0.25, -0.2) is 0 Å². The molecule has 1 rings (SSSR count). The normalized spacial score (nSPS) is 26.6. The Balaban J connectivity index is 2.68. The minimum atomic E-state index is -0.806. The van der Waals surface area contributed by atoms with Gasteiger partial charge in [-0.2, -0.15) is 0 Å². The second-order valence-electron chi connectivity index (χ2n) is 5.49. The van der Waals surface area contributed by atoms with Crippen molar-refractivity contribution in [3.8, 4) is 11.8 Å². The minimum absolute atomic E-state index is 0.219. The van der Waals surface area contributed by atoms with E-state index >= 15 is 0 Å². The van der Waals surface area contributed by atoms with Crippen LogP contribution < -0.4 is 0 Å². The summed E-state index contributed by atoms with van der Waals surface area (Å²) in [6.45, 7) is 8.44. The van der Waals surface area contributed by atoms with E-state index in [9.17, 15) is 5.11 Å². The van der Waals surface area contributed by atoms with E-state index in [2.05, 4.69) is 39.5 Å². The van der Waals surface area contributed by atoms with Gasteiger partial charge in [0.05, 0.1) is 6.10 Å². The molecule has 0 amide bonds. The van der Waals surface area contributed by atoms with Crippen LogP contribution in [0.4, 0.5) is 0 Å². The van der Waals surface area contributed by atoms with Gasteiger partial charge in [-0.1, -0.05) is 45.5 Å². The van der Waals surface area contributed by atoms with Gasteiger partial charge in [0.15, 0.2) is 5.60 Å². The molecule has 0 aromatic rings. The van der Waals surface area contributed by atoms with E-state index in [-0.39, 0.29) is 11.7 Å². The molecule has 18 heavy (non-hydrogen) atoms. The zero-order valence-electron chi connectivity index (χ0n) is 12.4. The fraction of sp³-hybridized carbons (Fsp3) is 0.875. The summed E-state index contributed by atoms with van der Waals surface area (Å²) in [4.78, 5) is 0. The number of rotatable bonds is 7. The number of epoxide rings is 1. The highest BCUT2D eigenvalue weighted by molar-refractivity contribution is 5.28. The highest BCUT2D eigenvalue weighted by Crippen LogP contribution is 2.38. The molecular formula is C16H28O2. The zero-order chi connectivity index (χ0) is 13.6. The van der Waals surface area contributed by atoms with E-state index in [1.807, 2.05) is 0 Å². The maximum absolute atomic E-state index is 10.6. The predicted molar refractivity (Wildman–Crippen MR) is 75.3 cm³/mol. The molecule has 1 N–H and O–H groups in total. The monoisotopic (exact) mass is 252 g/mol. The molecule has 2 heteroatoms. The van der Waals surface area contributed by atoms with Gasteiger partial charge in [-0.05, 0) is 39.0 Å². The Morgan fingerprint density at radius 2 is 1.67 bits per heavy atom. The van der Waals surface area contributed by atoms with Crippen LogP contribution in [0.15, 0.2) is 0 Å². The average Bonchev–Trinajstić information content (AvgIpc) is 3.03. The van der Waals surface area contributed by atoms with Crippen LogP contribution in [0.2, 0.25) is 0 Å². The van der Waals surface area contributed by atoms with Crippen molar-refractivity contribution in [3.63, 3.8) is 0 Å². The molecule has 0 spiro atoms. The summed E-state index contributed by atoms with van der Waals surface area (Å²) in [6, 6.07) is 0. The third-order valence-electron chi connectivity index (χ3n) is 3.91. The smallest absolute Gasteiger partial charge is 0.154 e. The van der Waals surface area contributed by atoms with Gasteiger partial charge in [0.2, 0.25) is 0 Å². The van der Waals surface area contributed by atoms with Crippen LogP contribution in [-0.4, -0.2) is 22.4 Å². The highest BCUT2D eigenvalue weighted by Gasteiger charge is 2.50. The van der Waals surface area contributed by atoms with Crippen molar-refractivity contribution in [1.82, 2.24) is 0 Å². The first-order valence-corrected chi connectivity index (χ1v) is 7.46. The van der Waals surface area contributed by atoms with E-state index < -0.39 is 5.60 Å². The zero-order valence-corrected chi connectivity index (χ0v) is 12.4. The summed E-state index contributed by atoms with van der Waals surface area (Å²) < 4.78 is 5.57. The summed E-state index contributed by atoms with van der Waals surface area (Å²) in [5, 5.41) is 10.6. The van der Waals surface area contributed by atoms with Crippen molar-refractivity contribution in [1.29, 1.82) is 0 Å². The molecule has 0 aromatic heterocycles. The Morgan fingerprint density at radius 3 is 2.00 bits per heavy atom. The average molecular weight is 252 g/mol. The van der Waals surface area contributed by atoms with Gasteiger partial charge >= 0.3 is 0 Å². The molecule has 1 aliphatic rings. The van der Waals surface area contributed by atoms with Crippen LogP contribution in [0.3, 0.4) is 0 Å². The van der Waals surface area contributed by atoms with Crippen LogP contribution in [0.25, 0.3) is 0 Å². The van der Waals surface area contributed by atoms with Crippen LogP contribution in [-0.2, 0) is 4.74 Å². The van der Waals surface area contributed by atoms with Crippen LogP contribution in [0, 0.1) is 11.8 Å². The van der Waals surface area contributed by atoms with Crippen molar-refractivity contribution in [2.24, 2.45) is 0 Å². The Labute approximate surface area is 112 Å². The molecule has 1 saturated heterocycles. The second kappa shape index (κ2) is 6.59. The van der Waals surface area contributed by atoms with Gasteiger partial charge in [0.25, 0.3) is 0 Å². The number of ether oxygens (including phenoxy) is 1. The lowest BCUT2D eigenvalue weighted by Crippen LogP contribution is -2.27. The van der Waals surface area contributed by atoms with Gasteiger partial charge in [0, 0.05) is 0 Å². The Morgan fingerprint density at radius 1 is 1.17 bits per heavy atom. The maximum atomic E-state index is 10.6. The van der Waals surface area contributed by atoms with Crippen LogP contribution in [0.1, 0.15) is 72.6 Å². The van der Waals surface area contributed by atoms with E-state index in [1.165, 1.54) is 0 Å². The third kappa shape index (κ3) is 4.00. The molecule has 0 bridgehead atoms. The predicted octanol–water partition coefficient (Wildman–Crippen LogP) is 3.67. The van der Waals surface area contributed by atoms with Crippen LogP contribution >= 0.6 is 0 Å².